The van der Waals surface area contributed by atoms with Gasteiger partial charge < -0.3 is 47.4 Å². The van der Waals surface area contributed by atoms with Gasteiger partial charge in [0.15, 0.2) is 0 Å². The van der Waals surface area contributed by atoms with Gasteiger partial charge in [0, 0.05) is 13.0 Å². The molecule has 13 nitrogen and oxygen atoms in total. The topological polar surface area (TPSA) is 254 Å². The SMILES string of the molecule is CCCNC(CCO)C(=O)O.NC(CCC(=O)O)C(=O)O.NC(CO)C(=O)O. The van der Waals surface area contributed by atoms with Crippen molar-refractivity contribution in [2.45, 2.75) is 50.7 Å². The van der Waals surface area contributed by atoms with Gasteiger partial charge in [0.05, 0.1) is 6.61 Å². The van der Waals surface area contributed by atoms with Gasteiger partial charge >= 0.3 is 23.9 Å². The lowest BCUT2D eigenvalue weighted by Gasteiger charge is -2.11. The number of hydrogen-bond donors (Lipinski definition) is 9. The lowest BCUT2D eigenvalue weighted by Crippen LogP contribution is -2.37. The van der Waals surface area contributed by atoms with Gasteiger partial charge in [-0.2, -0.15) is 0 Å². The number of nitrogens with two attached hydrogens (primary N) is 2. The standard InChI is InChI=1S/C7H15NO3.C5H9NO4.C3H7NO3/c1-2-4-8-6(3-5-9)7(10)11;6-3(5(9)10)1-2-4(7)8;4-2(1-5)3(6)7/h6,8-9H,2-5H2,1H3,(H,10,11);3H,1-2,6H2,(H,7,8)(H,9,10);2,5H,1,4H2,(H,6,7). The number of carboxylic acids is 4. The molecule has 0 spiro atoms. The minimum absolute atomic E-state index is 0.0231. The second-order valence-corrected chi connectivity index (χ2v) is 5.36. The lowest BCUT2D eigenvalue weighted by atomic mass is 10.2. The van der Waals surface area contributed by atoms with Crippen LogP contribution in [-0.2, 0) is 19.2 Å². The fourth-order valence-electron chi connectivity index (χ4n) is 1.24. The minimum atomic E-state index is -1.18. The molecule has 11 N–H and O–H groups in total. The van der Waals surface area contributed by atoms with Crippen LogP contribution < -0.4 is 16.8 Å². The van der Waals surface area contributed by atoms with Gasteiger partial charge in [0.25, 0.3) is 0 Å². The number of rotatable bonds is 12. The highest BCUT2D eigenvalue weighted by atomic mass is 16.4. The molecule has 0 aromatic carbocycles. The summed E-state index contributed by atoms with van der Waals surface area (Å²) in [7, 11) is 0. The smallest absolute Gasteiger partial charge is 0.322 e. The number of aliphatic carboxylic acids is 4. The average Bonchev–Trinajstić information content (AvgIpc) is 2.62. The van der Waals surface area contributed by atoms with Crippen LogP contribution in [0.1, 0.15) is 32.6 Å². The Bertz CT molecular complexity index is 461. The fourth-order valence-corrected chi connectivity index (χ4v) is 1.24. The van der Waals surface area contributed by atoms with Gasteiger partial charge in [-0.15, -0.1) is 0 Å². The van der Waals surface area contributed by atoms with Gasteiger partial charge in [-0.3, -0.25) is 19.2 Å². The van der Waals surface area contributed by atoms with Crippen molar-refractivity contribution in [3.05, 3.63) is 0 Å². The van der Waals surface area contributed by atoms with Gasteiger partial charge in [0.1, 0.15) is 18.1 Å². The van der Waals surface area contributed by atoms with Crippen LogP contribution in [0.15, 0.2) is 0 Å². The monoisotopic (exact) mass is 413 g/mol. The number of hydrogen-bond acceptors (Lipinski definition) is 9. The maximum atomic E-state index is 10.4. The molecule has 0 heterocycles. The Labute approximate surface area is 162 Å². The molecule has 0 aliphatic rings. The molecule has 166 valence electrons. The van der Waals surface area contributed by atoms with E-state index in [4.69, 9.17) is 42.1 Å². The predicted molar refractivity (Wildman–Crippen MR) is 96.6 cm³/mol. The first-order valence-electron chi connectivity index (χ1n) is 8.30. The third-order valence-corrected chi connectivity index (χ3v) is 2.86. The van der Waals surface area contributed by atoms with E-state index in [-0.39, 0.29) is 25.9 Å². The van der Waals surface area contributed by atoms with E-state index >= 15 is 0 Å². The quantitative estimate of drug-likeness (QED) is 0.160. The van der Waals surface area contributed by atoms with Crippen LogP contribution in [0.2, 0.25) is 0 Å². The number of aliphatic hydroxyl groups excluding tert-OH is 2. The van der Waals surface area contributed by atoms with Crippen LogP contribution in [0.5, 0.6) is 0 Å². The van der Waals surface area contributed by atoms with Gasteiger partial charge in [0.2, 0.25) is 0 Å². The summed E-state index contributed by atoms with van der Waals surface area (Å²) in [5.41, 5.74) is 9.77. The van der Waals surface area contributed by atoms with Crippen molar-refractivity contribution in [3.63, 3.8) is 0 Å². The predicted octanol–water partition coefficient (Wildman–Crippen LogP) is -2.52. The number of nitrogens with one attached hydrogen (secondary N) is 1. The molecule has 0 amide bonds. The minimum Gasteiger partial charge on any atom is -0.481 e. The molecule has 0 saturated carbocycles. The fraction of sp³-hybridized carbons (Fsp3) is 0.733. The van der Waals surface area contributed by atoms with Crippen molar-refractivity contribution in [3.8, 4) is 0 Å². The van der Waals surface area contributed by atoms with Gasteiger partial charge in [-0.25, -0.2) is 0 Å². The van der Waals surface area contributed by atoms with Crippen molar-refractivity contribution >= 4 is 23.9 Å². The van der Waals surface area contributed by atoms with E-state index in [0.717, 1.165) is 6.42 Å². The maximum Gasteiger partial charge on any atom is 0.322 e. The first-order chi connectivity index (χ1) is 12.9. The molecule has 0 aliphatic carbocycles. The normalized spacial score (nSPS) is 12.9. The Hall–Kier alpha value is -2.32. The van der Waals surface area contributed by atoms with E-state index in [1.54, 1.807) is 0 Å². The van der Waals surface area contributed by atoms with Crippen LogP contribution in [0.25, 0.3) is 0 Å². The first kappa shape index (κ1) is 30.4. The summed E-state index contributed by atoms with van der Waals surface area (Å²) in [6.07, 6.45) is 0.947. The van der Waals surface area contributed by atoms with Crippen LogP contribution in [-0.4, -0.2) is 92.4 Å². The van der Waals surface area contributed by atoms with E-state index < -0.39 is 48.6 Å². The number of carboxylic acid groups (broad SMARTS) is 4. The molecular formula is C15H31N3O10. The van der Waals surface area contributed by atoms with Crippen molar-refractivity contribution in [2.75, 3.05) is 19.8 Å². The molecule has 0 rings (SSSR count). The maximum absolute atomic E-state index is 10.4. The molecular weight excluding hydrogens is 382 g/mol. The Morgan fingerprint density at radius 3 is 1.61 bits per heavy atom. The molecule has 0 bridgehead atoms. The molecule has 0 fully saturated rings. The summed E-state index contributed by atoms with van der Waals surface area (Å²) in [4.78, 5) is 39.9. The number of carbonyl (C=O) groups is 4. The van der Waals surface area contributed by atoms with E-state index in [1.165, 1.54) is 0 Å². The highest BCUT2D eigenvalue weighted by Gasteiger charge is 2.14. The van der Waals surface area contributed by atoms with Crippen LogP contribution in [0.3, 0.4) is 0 Å². The van der Waals surface area contributed by atoms with E-state index in [9.17, 15) is 19.2 Å². The average molecular weight is 413 g/mol. The van der Waals surface area contributed by atoms with Crippen molar-refractivity contribution in [1.82, 2.24) is 5.32 Å². The third-order valence-electron chi connectivity index (χ3n) is 2.86. The van der Waals surface area contributed by atoms with Gasteiger partial charge in [-0.05, 0) is 25.8 Å². The van der Waals surface area contributed by atoms with Crippen LogP contribution in [0.4, 0.5) is 0 Å². The van der Waals surface area contributed by atoms with Crippen molar-refractivity contribution in [2.24, 2.45) is 11.5 Å². The summed E-state index contributed by atoms with van der Waals surface area (Å²) in [5.74, 6) is -4.27. The Morgan fingerprint density at radius 2 is 1.36 bits per heavy atom. The molecule has 28 heavy (non-hydrogen) atoms. The molecule has 0 aromatic rings. The van der Waals surface area contributed by atoms with Crippen molar-refractivity contribution < 1.29 is 49.8 Å². The Morgan fingerprint density at radius 1 is 0.857 bits per heavy atom. The third kappa shape index (κ3) is 21.7. The van der Waals surface area contributed by atoms with E-state index in [1.807, 2.05) is 6.92 Å². The second kappa shape index (κ2) is 19.4. The molecule has 13 heteroatoms. The zero-order valence-corrected chi connectivity index (χ0v) is 15.7. The summed E-state index contributed by atoms with van der Waals surface area (Å²) in [5, 5.41) is 52.0. The molecule has 0 saturated heterocycles. The summed E-state index contributed by atoms with van der Waals surface area (Å²) in [6, 6.07) is -2.78. The van der Waals surface area contributed by atoms with Crippen LogP contribution in [0, 0.1) is 0 Å². The zero-order valence-electron chi connectivity index (χ0n) is 15.7. The van der Waals surface area contributed by atoms with Crippen molar-refractivity contribution in [1.29, 1.82) is 0 Å². The molecule has 3 unspecified atom stereocenters. The molecule has 0 aliphatic heterocycles. The lowest BCUT2D eigenvalue weighted by molar-refractivity contribution is -0.141. The van der Waals surface area contributed by atoms with Gasteiger partial charge in [-0.1, -0.05) is 6.92 Å². The summed E-state index contributed by atoms with van der Waals surface area (Å²) in [6.45, 7) is 2.05. The summed E-state index contributed by atoms with van der Waals surface area (Å²) >= 11 is 0. The largest absolute Gasteiger partial charge is 0.481 e. The molecule has 0 aromatic heterocycles. The summed E-state index contributed by atoms with van der Waals surface area (Å²) < 4.78 is 0. The van der Waals surface area contributed by atoms with Crippen LogP contribution >= 0.6 is 0 Å². The van der Waals surface area contributed by atoms with E-state index in [0.29, 0.717) is 6.54 Å². The highest BCUT2D eigenvalue weighted by Crippen LogP contribution is 1.93. The molecule has 0 radical (unpaired) electrons. The Kier molecular flexibility index (Phi) is 21.1. The highest BCUT2D eigenvalue weighted by molar-refractivity contribution is 5.74. The zero-order chi connectivity index (χ0) is 22.7. The number of aliphatic hydroxyl groups is 2. The molecule has 3 atom stereocenters. The first-order valence-corrected chi connectivity index (χ1v) is 8.30. The Balaban J connectivity index is -0.000000343. The van der Waals surface area contributed by atoms with E-state index in [2.05, 4.69) is 5.32 Å². The second-order valence-electron chi connectivity index (χ2n) is 5.36.